The summed E-state index contributed by atoms with van der Waals surface area (Å²) in [6, 6.07) is 0. The van der Waals surface area contributed by atoms with E-state index in [-0.39, 0.29) is 5.91 Å². The lowest BCUT2D eigenvalue weighted by Gasteiger charge is -2.41. The number of carbonyl (C=O) groups is 1. The first kappa shape index (κ1) is 20.1. The van der Waals surface area contributed by atoms with Crippen molar-refractivity contribution in [3.63, 3.8) is 0 Å². The van der Waals surface area contributed by atoms with Crippen LogP contribution in [0.25, 0.3) is 0 Å². The summed E-state index contributed by atoms with van der Waals surface area (Å²) in [4.78, 5) is 16.0. The first-order valence-corrected chi connectivity index (χ1v) is 10.3. The lowest BCUT2D eigenvalue weighted by atomic mass is 9.69. The van der Waals surface area contributed by atoms with Crippen molar-refractivity contribution in [3.8, 4) is 0 Å². The molecule has 3 rings (SSSR count). The van der Waals surface area contributed by atoms with E-state index in [4.69, 9.17) is 4.42 Å². The molecular weight excluding hydrogens is 340 g/mol. The molecule has 0 bridgehead atoms. The quantitative estimate of drug-likeness (QED) is 0.742. The van der Waals surface area contributed by atoms with Gasteiger partial charge in [-0.15, -0.1) is 10.2 Å². The monoisotopic (exact) mass is 374 g/mol. The number of nitrogens with zero attached hydrogens (tertiary/aromatic N) is 4. The van der Waals surface area contributed by atoms with Gasteiger partial charge in [-0.3, -0.25) is 9.69 Å². The molecule has 0 radical (unpaired) electrons. The van der Waals surface area contributed by atoms with E-state index in [1.165, 1.54) is 12.0 Å². The van der Waals surface area contributed by atoms with Gasteiger partial charge in [0.1, 0.15) is 0 Å². The maximum absolute atomic E-state index is 11.5. The van der Waals surface area contributed by atoms with E-state index in [0.717, 1.165) is 45.0 Å². The predicted octanol–water partition coefficient (Wildman–Crippen LogP) is 2.94. The molecule has 150 valence electrons. The van der Waals surface area contributed by atoms with Crippen LogP contribution in [0.15, 0.2) is 16.1 Å². The van der Waals surface area contributed by atoms with Gasteiger partial charge in [0.15, 0.2) is 0 Å². The zero-order chi connectivity index (χ0) is 19.6. The lowest BCUT2D eigenvalue weighted by molar-refractivity contribution is -0.130. The Kier molecular flexibility index (Phi) is 6.35. The van der Waals surface area contributed by atoms with E-state index in [9.17, 15) is 4.79 Å². The van der Waals surface area contributed by atoms with Crippen LogP contribution in [0.5, 0.6) is 0 Å². The molecule has 0 spiro atoms. The largest absolute Gasteiger partial charge is 0.426 e. The first-order valence-electron chi connectivity index (χ1n) is 10.3. The van der Waals surface area contributed by atoms with E-state index in [0.29, 0.717) is 29.6 Å². The molecule has 6 nitrogen and oxygen atoms in total. The second-order valence-electron chi connectivity index (χ2n) is 8.64. The van der Waals surface area contributed by atoms with Gasteiger partial charge in [0.2, 0.25) is 17.7 Å². The van der Waals surface area contributed by atoms with Crippen molar-refractivity contribution >= 4 is 5.91 Å². The van der Waals surface area contributed by atoms with Crippen LogP contribution >= 0.6 is 0 Å². The average Bonchev–Trinajstić information content (AvgIpc) is 3.02. The van der Waals surface area contributed by atoms with Gasteiger partial charge in [-0.2, -0.15) is 0 Å². The predicted molar refractivity (Wildman–Crippen MR) is 105 cm³/mol. The summed E-state index contributed by atoms with van der Waals surface area (Å²) in [6.07, 6.45) is 4.52. The number of amides is 1. The summed E-state index contributed by atoms with van der Waals surface area (Å²) in [5.74, 6) is 3.97. The fourth-order valence-electron chi connectivity index (χ4n) is 4.66. The van der Waals surface area contributed by atoms with Gasteiger partial charge in [-0.1, -0.05) is 25.5 Å². The third-order valence-electron chi connectivity index (χ3n) is 6.36. The summed E-state index contributed by atoms with van der Waals surface area (Å²) in [6.45, 7) is 15.2. The Hall–Kier alpha value is -1.69. The molecule has 1 aromatic rings. The molecule has 6 heteroatoms. The minimum atomic E-state index is 0.196. The first-order chi connectivity index (χ1) is 12.8. The van der Waals surface area contributed by atoms with E-state index < -0.39 is 0 Å². The van der Waals surface area contributed by atoms with Crippen LogP contribution in [0.3, 0.4) is 0 Å². The number of piperazine rings is 1. The van der Waals surface area contributed by atoms with Gasteiger partial charge in [-0.05, 0) is 37.0 Å². The third kappa shape index (κ3) is 4.98. The van der Waals surface area contributed by atoms with Gasteiger partial charge in [0.05, 0.1) is 0 Å². The fourth-order valence-corrected chi connectivity index (χ4v) is 4.66. The second kappa shape index (κ2) is 8.55. The maximum atomic E-state index is 11.5. The molecule has 2 aliphatic rings. The van der Waals surface area contributed by atoms with Gasteiger partial charge < -0.3 is 9.32 Å². The molecule has 1 fully saturated rings. The van der Waals surface area contributed by atoms with Crippen LogP contribution in [0.2, 0.25) is 0 Å². The van der Waals surface area contributed by atoms with Crippen LogP contribution in [-0.2, 0) is 11.2 Å². The molecule has 0 aromatic carbocycles. The fraction of sp³-hybridized carbons (Fsp3) is 0.762. The minimum absolute atomic E-state index is 0.196. The molecule has 1 aliphatic heterocycles. The second-order valence-corrected chi connectivity index (χ2v) is 8.64. The lowest BCUT2D eigenvalue weighted by Crippen LogP contribution is -2.50. The van der Waals surface area contributed by atoms with E-state index in [1.807, 2.05) is 11.8 Å². The highest BCUT2D eigenvalue weighted by Gasteiger charge is 2.34. The Balaban J connectivity index is 1.65. The van der Waals surface area contributed by atoms with Crippen molar-refractivity contribution in [1.29, 1.82) is 0 Å². The van der Waals surface area contributed by atoms with Crippen molar-refractivity contribution in [2.45, 2.75) is 47.5 Å². The van der Waals surface area contributed by atoms with Crippen LogP contribution in [0.4, 0.5) is 0 Å². The summed E-state index contributed by atoms with van der Waals surface area (Å²) in [5.41, 5.74) is 1.45. The molecule has 3 atom stereocenters. The summed E-state index contributed by atoms with van der Waals surface area (Å²) < 4.78 is 5.62. The van der Waals surface area contributed by atoms with Crippen molar-refractivity contribution in [2.24, 2.45) is 23.7 Å². The average molecular weight is 375 g/mol. The van der Waals surface area contributed by atoms with Gasteiger partial charge in [0, 0.05) is 53.0 Å². The Morgan fingerprint density at radius 3 is 2.48 bits per heavy atom. The van der Waals surface area contributed by atoms with Gasteiger partial charge in [0.25, 0.3) is 0 Å². The van der Waals surface area contributed by atoms with Gasteiger partial charge in [-0.25, -0.2) is 0 Å². The molecule has 1 amide bonds. The van der Waals surface area contributed by atoms with Crippen molar-refractivity contribution < 1.29 is 9.21 Å². The van der Waals surface area contributed by atoms with E-state index in [2.05, 4.69) is 41.9 Å². The maximum Gasteiger partial charge on any atom is 0.219 e. The Labute approximate surface area is 163 Å². The number of rotatable bonds is 5. The minimum Gasteiger partial charge on any atom is -0.426 e. The van der Waals surface area contributed by atoms with Crippen LogP contribution < -0.4 is 0 Å². The molecule has 27 heavy (non-hydrogen) atoms. The molecule has 1 aromatic heterocycles. The smallest absolute Gasteiger partial charge is 0.219 e. The molecular formula is C21H34N4O2. The molecule has 0 N–H and O–H groups in total. The molecule has 0 saturated carbocycles. The Morgan fingerprint density at radius 2 is 1.93 bits per heavy atom. The highest BCUT2D eigenvalue weighted by Crippen LogP contribution is 2.39. The number of hydrogen-bond donors (Lipinski definition) is 0. The van der Waals surface area contributed by atoms with Crippen LogP contribution in [0.1, 0.15) is 45.9 Å². The standard InChI is InChI=1S/C21H34N4O2/c1-14(2)20-11-18(12-21-23-22-16(4)27-21)15(3)10-19(20)13-24-6-8-25(9-7-24)17(5)26/h10,14,18-20H,6-9,11-13H2,1-5H3/t18-,19+,20+/m1/s1. The zero-order valence-corrected chi connectivity index (χ0v) is 17.4. The van der Waals surface area contributed by atoms with E-state index >= 15 is 0 Å². The van der Waals surface area contributed by atoms with Crippen LogP contribution in [-0.4, -0.2) is 58.6 Å². The SMILES string of the molecule is CC(=O)N1CCN(C[C@@H]2C=C(C)[C@@H](Cc3nnc(C)o3)C[C@H]2C(C)C)CC1. The zero-order valence-electron chi connectivity index (χ0n) is 17.4. The normalized spacial score (nSPS) is 27.1. The Morgan fingerprint density at radius 1 is 1.22 bits per heavy atom. The highest BCUT2D eigenvalue weighted by atomic mass is 16.4. The number of aromatic nitrogens is 2. The topological polar surface area (TPSA) is 62.5 Å². The van der Waals surface area contributed by atoms with Crippen molar-refractivity contribution in [3.05, 3.63) is 23.4 Å². The third-order valence-corrected chi connectivity index (χ3v) is 6.36. The number of allylic oxidation sites excluding steroid dienone is 1. The number of hydrogen-bond acceptors (Lipinski definition) is 5. The van der Waals surface area contributed by atoms with Crippen molar-refractivity contribution in [2.75, 3.05) is 32.7 Å². The summed E-state index contributed by atoms with van der Waals surface area (Å²) >= 11 is 0. The molecule has 2 heterocycles. The summed E-state index contributed by atoms with van der Waals surface area (Å²) in [7, 11) is 0. The highest BCUT2D eigenvalue weighted by molar-refractivity contribution is 5.73. The van der Waals surface area contributed by atoms with Gasteiger partial charge >= 0.3 is 0 Å². The molecule has 1 aliphatic carbocycles. The van der Waals surface area contributed by atoms with E-state index in [1.54, 1.807) is 6.92 Å². The molecule has 0 unspecified atom stereocenters. The van der Waals surface area contributed by atoms with Crippen LogP contribution in [0, 0.1) is 30.6 Å². The Bertz CT molecular complexity index is 673. The number of carbonyl (C=O) groups excluding carboxylic acids is 1. The number of aryl methyl sites for hydroxylation is 1. The summed E-state index contributed by atoms with van der Waals surface area (Å²) in [5, 5.41) is 8.17. The van der Waals surface area contributed by atoms with Crippen molar-refractivity contribution in [1.82, 2.24) is 20.0 Å². The molecule has 1 saturated heterocycles.